The topological polar surface area (TPSA) is 43.3 Å². The summed E-state index contributed by atoms with van der Waals surface area (Å²) in [5.74, 6) is -0.116. The van der Waals surface area contributed by atoms with Crippen LogP contribution in [0.5, 0.6) is 0 Å². The van der Waals surface area contributed by atoms with E-state index in [0.29, 0.717) is 27.2 Å². The third-order valence-corrected chi connectivity index (χ3v) is 3.35. The van der Waals surface area contributed by atoms with Crippen LogP contribution in [0.25, 0.3) is 16.9 Å². The lowest BCUT2D eigenvalue weighted by Crippen LogP contribution is -1.95. The first-order valence-electron chi connectivity index (χ1n) is 5.45. The summed E-state index contributed by atoms with van der Waals surface area (Å²) in [6.07, 6.45) is 1.72. The van der Waals surface area contributed by atoms with Crippen molar-refractivity contribution >= 4 is 34.7 Å². The van der Waals surface area contributed by atoms with Gasteiger partial charge in [-0.15, -0.1) is 0 Å². The van der Waals surface area contributed by atoms with Gasteiger partial charge < -0.3 is 5.73 Å². The number of hydrogen-bond donors (Lipinski definition) is 1. The molecule has 1 aromatic carbocycles. The maximum atomic E-state index is 13.9. The van der Waals surface area contributed by atoms with E-state index < -0.39 is 5.82 Å². The van der Waals surface area contributed by atoms with Crippen molar-refractivity contribution in [3.63, 3.8) is 0 Å². The molecular formula is C13H8Cl2FN3. The average molecular weight is 296 g/mol. The molecule has 96 valence electrons. The monoisotopic (exact) mass is 295 g/mol. The fraction of sp³-hybridized carbons (Fsp3) is 0. The van der Waals surface area contributed by atoms with Gasteiger partial charge in [-0.1, -0.05) is 23.2 Å². The zero-order valence-electron chi connectivity index (χ0n) is 9.57. The Balaban J connectivity index is 2.34. The molecule has 3 nitrogen and oxygen atoms in total. The molecule has 0 atom stereocenters. The molecule has 3 aromatic rings. The van der Waals surface area contributed by atoms with Gasteiger partial charge in [-0.25, -0.2) is 9.37 Å². The lowest BCUT2D eigenvalue weighted by molar-refractivity contribution is 0.631. The van der Waals surface area contributed by atoms with Crippen LogP contribution in [0.2, 0.25) is 10.0 Å². The summed E-state index contributed by atoms with van der Waals surface area (Å²) in [5.41, 5.74) is 7.05. The minimum absolute atomic E-state index is 0.254. The number of pyridine rings is 1. The summed E-state index contributed by atoms with van der Waals surface area (Å²) in [4.78, 5) is 4.29. The minimum Gasteiger partial charge on any atom is -0.383 e. The molecule has 3 rings (SSSR count). The van der Waals surface area contributed by atoms with Crippen molar-refractivity contribution in [3.05, 3.63) is 52.4 Å². The van der Waals surface area contributed by atoms with E-state index in [1.165, 1.54) is 18.2 Å². The molecule has 0 aliphatic carbocycles. The highest BCUT2D eigenvalue weighted by Crippen LogP contribution is 2.32. The first-order valence-corrected chi connectivity index (χ1v) is 6.21. The quantitative estimate of drug-likeness (QED) is 0.736. The molecule has 0 bridgehead atoms. The van der Waals surface area contributed by atoms with Crippen LogP contribution in [0, 0.1) is 5.82 Å². The SMILES string of the molecule is Nc1c(-c2cc(Cl)ccc2F)nc2c(Cl)cccn12. The third kappa shape index (κ3) is 1.93. The number of nitrogen functional groups attached to an aromatic ring is 1. The Bertz CT molecular complexity index is 783. The lowest BCUT2D eigenvalue weighted by atomic mass is 10.1. The van der Waals surface area contributed by atoms with Crippen LogP contribution in [0.3, 0.4) is 0 Å². The number of hydrogen-bond acceptors (Lipinski definition) is 2. The van der Waals surface area contributed by atoms with Gasteiger partial charge in [0.15, 0.2) is 5.65 Å². The fourth-order valence-corrected chi connectivity index (χ4v) is 2.31. The highest BCUT2D eigenvalue weighted by Gasteiger charge is 2.16. The van der Waals surface area contributed by atoms with Gasteiger partial charge in [-0.05, 0) is 30.3 Å². The van der Waals surface area contributed by atoms with Gasteiger partial charge in [0.1, 0.15) is 17.3 Å². The number of nitrogens with zero attached hydrogens (tertiary/aromatic N) is 2. The van der Waals surface area contributed by atoms with Gasteiger partial charge >= 0.3 is 0 Å². The molecule has 19 heavy (non-hydrogen) atoms. The number of rotatable bonds is 1. The van der Waals surface area contributed by atoms with Crippen LogP contribution < -0.4 is 5.73 Å². The van der Waals surface area contributed by atoms with Crippen molar-refractivity contribution in [1.29, 1.82) is 0 Å². The Hall–Kier alpha value is -1.78. The van der Waals surface area contributed by atoms with E-state index in [2.05, 4.69) is 4.98 Å². The highest BCUT2D eigenvalue weighted by atomic mass is 35.5. The summed E-state index contributed by atoms with van der Waals surface area (Å²) in [7, 11) is 0. The second-order valence-electron chi connectivity index (χ2n) is 4.02. The standard InChI is InChI=1S/C13H8Cl2FN3/c14-7-3-4-10(16)8(6-7)11-12(17)19-5-1-2-9(15)13(19)18-11/h1-6H,17H2. The van der Waals surface area contributed by atoms with Crippen molar-refractivity contribution in [3.8, 4) is 11.3 Å². The first kappa shape index (κ1) is 12.3. The number of halogens is 3. The zero-order valence-corrected chi connectivity index (χ0v) is 11.1. The van der Waals surface area contributed by atoms with Crippen molar-refractivity contribution < 1.29 is 4.39 Å². The molecular weight excluding hydrogens is 288 g/mol. The molecule has 2 heterocycles. The molecule has 0 spiro atoms. The van der Waals surface area contributed by atoms with E-state index in [1.54, 1.807) is 22.7 Å². The van der Waals surface area contributed by atoms with Gasteiger partial charge in [-0.2, -0.15) is 0 Å². The Morgan fingerprint density at radius 3 is 2.74 bits per heavy atom. The Labute approximate surface area is 118 Å². The second kappa shape index (κ2) is 4.40. The maximum Gasteiger partial charge on any atom is 0.157 e. The molecule has 0 amide bonds. The van der Waals surface area contributed by atoms with Gasteiger partial charge in [0, 0.05) is 16.8 Å². The second-order valence-corrected chi connectivity index (χ2v) is 4.86. The van der Waals surface area contributed by atoms with E-state index >= 15 is 0 Å². The van der Waals surface area contributed by atoms with Crippen LogP contribution in [0.1, 0.15) is 0 Å². The summed E-state index contributed by atoms with van der Waals surface area (Å²) in [5, 5.41) is 0.863. The number of aromatic nitrogens is 2. The summed E-state index contributed by atoms with van der Waals surface area (Å²) in [6.45, 7) is 0. The van der Waals surface area contributed by atoms with Crippen molar-refractivity contribution in [2.45, 2.75) is 0 Å². The number of fused-ring (bicyclic) bond motifs is 1. The van der Waals surface area contributed by atoms with E-state index in [9.17, 15) is 4.39 Å². The van der Waals surface area contributed by atoms with E-state index in [1.807, 2.05) is 0 Å². The molecule has 0 saturated heterocycles. The molecule has 0 radical (unpaired) electrons. The molecule has 2 N–H and O–H groups in total. The predicted molar refractivity (Wildman–Crippen MR) is 75.0 cm³/mol. The highest BCUT2D eigenvalue weighted by molar-refractivity contribution is 6.33. The van der Waals surface area contributed by atoms with Gasteiger partial charge in [0.25, 0.3) is 0 Å². The number of nitrogens with two attached hydrogens (primary N) is 1. The van der Waals surface area contributed by atoms with Crippen LogP contribution in [0.15, 0.2) is 36.5 Å². The van der Waals surface area contributed by atoms with Crippen LogP contribution in [0.4, 0.5) is 10.2 Å². The van der Waals surface area contributed by atoms with Crippen molar-refractivity contribution in [1.82, 2.24) is 9.38 Å². The molecule has 6 heteroatoms. The van der Waals surface area contributed by atoms with E-state index in [4.69, 9.17) is 28.9 Å². The van der Waals surface area contributed by atoms with Crippen LogP contribution >= 0.6 is 23.2 Å². The van der Waals surface area contributed by atoms with Crippen LogP contribution in [-0.4, -0.2) is 9.38 Å². The number of benzene rings is 1. The summed E-state index contributed by atoms with van der Waals surface area (Å²) in [6, 6.07) is 7.68. The molecule has 0 aliphatic rings. The first-order chi connectivity index (χ1) is 9.08. The Morgan fingerprint density at radius 2 is 2.00 bits per heavy atom. The molecule has 0 saturated carbocycles. The minimum atomic E-state index is -0.435. The fourth-order valence-electron chi connectivity index (χ4n) is 1.93. The van der Waals surface area contributed by atoms with E-state index in [-0.39, 0.29) is 5.56 Å². The van der Waals surface area contributed by atoms with Crippen molar-refractivity contribution in [2.75, 3.05) is 5.73 Å². The Kier molecular flexibility index (Phi) is 2.84. The predicted octanol–water partition coefficient (Wildman–Crippen LogP) is 4.03. The molecule has 2 aromatic heterocycles. The third-order valence-electron chi connectivity index (χ3n) is 2.82. The average Bonchev–Trinajstić information content (AvgIpc) is 2.72. The van der Waals surface area contributed by atoms with Gasteiger partial charge in [-0.3, -0.25) is 4.40 Å². The molecule has 0 aliphatic heterocycles. The molecule has 0 fully saturated rings. The maximum absolute atomic E-state index is 13.9. The number of anilines is 1. The van der Waals surface area contributed by atoms with Gasteiger partial charge in [0.05, 0.1) is 5.02 Å². The molecule has 0 unspecified atom stereocenters. The summed E-state index contributed by atoms with van der Waals surface area (Å²) >= 11 is 11.9. The Morgan fingerprint density at radius 1 is 1.21 bits per heavy atom. The lowest BCUT2D eigenvalue weighted by Gasteiger charge is -2.02. The summed E-state index contributed by atoms with van der Waals surface area (Å²) < 4.78 is 15.5. The number of imidazole rings is 1. The largest absolute Gasteiger partial charge is 0.383 e. The zero-order chi connectivity index (χ0) is 13.6. The van der Waals surface area contributed by atoms with E-state index in [0.717, 1.165) is 0 Å². The normalized spacial score (nSPS) is 11.1. The van der Waals surface area contributed by atoms with Crippen LogP contribution in [-0.2, 0) is 0 Å². The van der Waals surface area contributed by atoms with Gasteiger partial charge in [0.2, 0.25) is 0 Å². The van der Waals surface area contributed by atoms with Crippen molar-refractivity contribution in [2.24, 2.45) is 0 Å². The smallest absolute Gasteiger partial charge is 0.157 e.